The van der Waals surface area contributed by atoms with Crippen LogP contribution in [0.3, 0.4) is 0 Å². The zero-order chi connectivity index (χ0) is 26.2. The number of rotatable bonds is 8. The molecule has 0 saturated heterocycles. The van der Waals surface area contributed by atoms with Crippen LogP contribution in [0, 0.1) is 17.8 Å². The largest absolute Gasteiger partial charge is 0.394 e. The van der Waals surface area contributed by atoms with Gasteiger partial charge in [0.05, 0.1) is 0 Å². The van der Waals surface area contributed by atoms with Gasteiger partial charge in [-0.25, -0.2) is 0 Å². The Balaban J connectivity index is -0.000000394. The molecule has 2 N–H and O–H groups in total. The Morgan fingerprint density at radius 3 is 2.03 bits per heavy atom. The van der Waals surface area contributed by atoms with Crippen molar-refractivity contribution in [3.63, 3.8) is 0 Å². The van der Waals surface area contributed by atoms with E-state index in [1.807, 2.05) is 50.9 Å². The monoisotopic (exact) mass is 453 g/mol. The van der Waals surface area contributed by atoms with Crippen molar-refractivity contribution in [2.45, 2.75) is 48.5 Å². The summed E-state index contributed by atoms with van der Waals surface area (Å²) in [6, 6.07) is 0. The third-order valence-corrected chi connectivity index (χ3v) is 4.30. The predicted octanol–water partition coefficient (Wildman–Crippen LogP) is 8.11. The molecule has 1 aliphatic rings. The van der Waals surface area contributed by atoms with Gasteiger partial charge in [0.1, 0.15) is 0 Å². The van der Waals surface area contributed by atoms with E-state index in [2.05, 4.69) is 115 Å². The molecular formula is C30H51N3. The summed E-state index contributed by atoms with van der Waals surface area (Å²) < 4.78 is 0. The molecule has 0 bridgehead atoms. The third kappa shape index (κ3) is 23.5. The topological polar surface area (TPSA) is 27.3 Å². The molecule has 0 aromatic carbocycles. The van der Waals surface area contributed by atoms with Gasteiger partial charge < -0.3 is 15.5 Å². The normalized spacial score (nSPS) is 13.5. The molecule has 0 aromatic heterocycles. The van der Waals surface area contributed by atoms with Gasteiger partial charge in [0.2, 0.25) is 0 Å². The third-order valence-electron chi connectivity index (χ3n) is 4.30. The van der Waals surface area contributed by atoms with Crippen molar-refractivity contribution in [3.05, 3.63) is 110 Å². The average Bonchev–Trinajstić information content (AvgIpc) is 2.77. The summed E-state index contributed by atoms with van der Waals surface area (Å²) in [7, 11) is 3.93. The molecule has 3 heteroatoms. The van der Waals surface area contributed by atoms with Crippen molar-refractivity contribution in [2.75, 3.05) is 14.1 Å². The van der Waals surface area contributed by atoms with E-state index in [0.29, 0.717) is 17.8 Å². The summed E-state index contributed by atoms with van der Waals surface area (Å²) >= 11 is 0. The Morgan fingerprint density at radius 1 is 1.00 bits per heavy atom. The van der Waals surface area contributed by atoms with E-state index in [1.54, 1.807) is 6.20 Å². The maximum absolute atomic E-state index is 3.97. The van der Waals surface area contributed by atoms with E-state index in [9.17, 15) is 0 Å². The van der Waals surface area contributed by atoms with Crippen LogP contribution in [0.1, 0.15) is 48.5 Å². The Bertz CT molecular complexity index is 683. The molecule has 1 aliphatic heterocycles. The molecule has 0 radical (unpaired) electrons. The quantitative estimate of drug-likeness (QED) is 0.287. The lowest BCUT2D eigenvalue weighted by Crippen LogP contribution is -2.10. The number of hydrogen-bond donors (Lipinski definition) is 2. The molecule has 1 rings (SSSR count). The van der Waals surface area contributed by atoms with Gasteiger partial charge in [-0.3, -0.25) is 0 Å². The van der Waals surface area contributed by atoms with Gasteiger partial charge in [0.15, 0.2) is 0 Å². The zero-order valence-electron chi connectivity index (χ0n) is 22.9. The van der Waals surface area contributed by atoms with Crippen LogP contribution in [0.15, 0.2) is 110 Å². The van der Waals surface area contributed by atoms with E-state index >= 15 is 0 Å². The van der Waals surface area contributed by atoms with Crippen LogP contribution in [0.25, 0.3) is 0 Å². The second-order valence-corrected chi connectivity index (χ2v) is 8.32. The van der Waals surface area contributed by atoms with Crippen molar-refractivity contribution in [3.8, 4) is 0 Å². The van der Waals surface area contributed by atoms with Crippen LogP contribution < -0.4 is 10.6 Å². The summed E-state index contributed by atoms with van der Waals surface area (Å²) in [5.41, 5.74) is 3.87. The Labute approximate surface area is 206 Å². The summed E-state index contributed by atoms with van der Waals surface area (Å²) in [5.74, 6) is 1.84. The minimum absolute atomic E-state index is 0.565. The van der Waals surface area contributed by atoms with Crippen molar-refractivity contribution >= 4 is 0 Å². The fourth-order valence-corrected chi connectivity index (χ4v) is 2.12. The second kappa shape index (κ2) is 23.7. The molecule has 0 aromatic rings. The molecule has 0 atom stereocenters. The molecule has 0 saturated carbocycles. The Kier molecular flexibility index (Phi) is 24.9. The van der Waals surface area contributed by atoms with E-state index in [4.69, 9.17) is 0 Å². The minimum atomic E-state index is 0.565. The lowest BCUT2D eigenvalue weighted by Gasteiger charge is -2.20. The first kappa shape index (κ1) is 34.7. The summed E-state index contributed by atoms with van der Waals surface area (Å²) in [6.07, 6.45) is 21.8. The highest BCUT2D eigenvalue weighted by Gasteiger charge is 2.08. The molecule has 0 fully saturated rings. The molecule has 1 heterocycles. The second-order valence-electron chi connectivity index (χ2n) is 8.32. The van der Waals surface area contributed by atoms with Gasteiger partial charge in [-0.15, -0.1) is 13.2 Å². The Morgan fingerprint density at radius 2 is 1.61 bits per heavy atom. The van der Waals surface area contributed by atoms with Crippen LogP contribution in [-0.2, 0) is 0 Å². The molecule has 0 unspecified atom stereocenters. The summed E-state index contributed by atoms with van der Waals surface area (Å²) in [6.45, 7) is 28.7. The van der Waals surface area contributed by atoms with Crippen molar-refractivity contribution in [1.82, 2.24) is 15.5 Å². The zero-order valence-corrected chi connectivity index (χ0v) is 22.9. The van der Waals surface area contributed by atoms with Gasteiger partial charge in [-0.05, 0) is 66.5 Å². The maximum Gasteiger partial charge on any atom is 0.0106 e. The van der Waals surface area contributed by atoms with E-state index < -0.39 is 0 Å². The highest BCUT2D eigenvalue weighted by molar-refractivity contribution is 5.40. The predicted molar refractivity (Wildman–Crippen MR) is 153 cm³/mol. The van der Waals surface area contributed by atoms with Crippen molar-refractivity contribution in [1.29, 1.82) is 0 Å². The highest BCUT2D eigenvalue weighted by Crippen LogP contribution is 2.22. The molecule has 0 spiro atoms. The smallest absolute Gasteiger partial charge is 0.0106 e. The van der Waals surface area contributed by atoms with Gasteiger partial charge in [-0.1, -0.05) is 78.5 Å². The summed E-state index contributed by atoms with van der Waals surface area (Å²) in [4.78, 5) is 2.06. The first-order valence-electron chi connectivity index (χ1n) is 11.6. The fraction of sp³-hybridized carbons (Fsp3) is 0.400. The van der Waals surface area contributed by atoms with Crippen LogP contribution in [0.4, 0.5) is 0 Å². The van der Waals surface area contributed by atoms with E-state index in [0.717, 1.165) is 5.57 Å². The van der Waals surface area contributed by atoms with Crippen molar-refractivity contribution in [2.24, 2.45) is 17.8 Å². The first-order valence-corrected chi connectivity index (χ1v) is 11.6. The Hall–Kier alpha value is -2.94. The van der Waals surface area contributed by atoms with E-state index in [1.165, 1.54) is 11.1 Å². The maximum atomic E-state index is 3.97. The first-order chi connectivity index (χ1) is 15.6. The standard InChI is InChI=1S/C10H15N.C9H17N.C9H15N.C2H4/c1-8(2)10-7-11(4)6-5-9(10)3;1-8(2)9(3)6-5-7-10-4;1-4-10-8-6-5-7-9(2)3;1-2/h5-8H,3H2,1-2,4H3;5-8,10H,1-4H3;4-10H,1H2,2-3H3;1-2H2/b;7-5-,9-6+;7-5-,8-6-;. The number of nitrogens with zero attached hydrogens (tertiary/aromatic N) is 1. The molecule has 0 amide bonds. The molecule has 186 valence electrons. The van der Waals surface area contributed by atoms with Gasteiger partial charge >= 0.3 is 0 Å². The number of allylic oxidation sites excluding steroid dienone is 9. The fourth-order valence-electron chi connectivity index (χ4n) is 2.12. The number of hydrogen-bond acceptors (Lipinski definition) is 3. The van der Waals surface area contributed by atoms with Gasteiger partial charge in [-0.2, -0.15) is 0 Å². The molecular weight excluding hydrogens is 402 g/mol. The SMILES string of the molecule is C=C.C=C1C=CN(C)C=C1C(C)C.C=CN/C=C\C=C/C(C)C.CN/C=C\C=C(/C)C(C)C. The van der Waals surface area contributed by atoms with Gasteiger partial charge in [0.25, 0.3) is 0 Å². The van der Waals surface area contributed by atoms with Crippen molar-refractivity contribution < 1.29 is 0 Å². The lowest BCUT2D eigenvalue weighted by molar-refractivity contribution is 0.594. The van der Waals surface area contributed by atoms with Crippen LogP contribution in [0.2, 0.25) is 0 Å². The van der Waals surface area contributed by atoms with Crippen LogP contribution in [-0.4, -0.2) is 19.0 Å². The lowest BCUT2D eigenvalue weighted by atomic mass is 9.96. The van der Waals surface area contributed by atoms with Crippen LogP contribution in [0.5, 0.6) is 0 Å². The van der Waals surface area contributed by atoms with Crippen LogP contribution >= 0.6 is 0 Å². The highest BCUT2D eigenvalue weighted by atomic mass is 15.1. The average molecular weight is 454 g/mol. The van der Waals surface area contributed by atoms with E-state index in [-0.39, 0.29) is 0 Å². The molecule has 0 aliphatic carbocycles. The number of nitrogens with one attached hydrogen (secondary N) is 2. The molecule has 3 nitrogen and oxygen atoms in total. The summed E-state index contributed by atoms with van der Waals surface area (Å²) in [5, 5.41) is 5.79. The molecule has 33 heavy (non-hydrogen) atoms. The van der Waals surface area contributed by atoms with Gasteiger partial charge in [0, 0.05) is 32.7 Å². The minimum Gasteiger partial charge on any atom is -0.394 e.